The number of ether oxygens (including phenoxy) is 1. The number of rotatable bonds is 5. The molecular formula is C6H16N2O. The largest absolute Gasteiger partial charge is 0.364 e. The van der Waals surface area contributed by atoms with Crippen molar-refractivity contribution in [2.75, 3.05) is 20.3 Å². The zero-order chi connectivity index (χ0) is 7.11. The molecule has 3 heteroatoms. The van der Waals surface area contributed by atoms with Gasteiger partial charge in [-0.1, -0.05) is 0 Å². The van der Waals surface area contributed by atoms with Crippen molar-refractivity contribution in [2.45, 2.75) is 19.4 Å². The maximum atomic E-state index is 5.16. The van der Waals surface area contributed by atoms with E-state index in [4.69, 9.17) is 10.5 Å². The molecule has 1 atom stereocenters. The molecule has 0 heterocycles. The highest BCUT2D eigenvalue weighted by molar-refractivity contribution is 4.50. The van der Waals surface area contributed by atoms with Crippen LogP contribution >= 0.6 is 0 Å². The molecule has 0 amide bonds. The van der Waals surface area contributed by atoms with Crippen LogP contribution < -0.4 is 11.1 Å². The molecular weight excluding hydrogens is 116 g/mol. The van der Waals surface area contributed by atoms with Crippen molar-refractivity contribution in [1.29, 1.82) is 0 Å². The molecule has 0 fully saturated rings. The molecule has 0 aliphatic heterocycles. The molecule has 0 aromatic rings. The van der Waals surface area contributed by atoms with Crippen molar-refractivity contribution < 1.29 is 4.74 Å². The third-order valence-electron chi connectivity index (χ3n) is 1.18. The van der Waals surface area contributed by atoms with Crippen LogP contribution in [0.2, 0.25) is 0 Å². The van der Waals surface area contributed by atoms with E-state index in [2.05, 4.69) is 5.32 Å². The molecule has 0 saturated heterocycles. The fourth-order valence-corrected chi connectivity index (χ4v) is 0.595. The van der Waals surface area contributed by atoms with Crippen LogP contribution in [0.1, 0.15) is 13.3 Å². The first kappa shape index (κ1) is 8.88. The predicted octanol–water partition coefficient (Wildman–Crippen LogP) is -0.0828. The molecule has 0 spiro atoms. The first-order valence-electron chi connectivity index (χ1n) is 3.27. The Morgan fingerprint density at radius 2 is 2.33 bits per heavy atom. The van der Waals surface area contributed by atoms with Crippen molar-refractivity contribution in [3.8, 4) is 0 Å². The summed E-state index contributed by atoms with van der Waals surface area (Å²) in [4.78, 5) is 0. The average molecular weight is 132 g/mol. The summed E-state index contributed by atoms with van der Waals surface area (Å²) in [6.45, 7) is 3.33. The maximum Gasteiger partial charge on any atom is 0.0943 e. The molecule has 0 saturated carbocycles. The van der Waals surface area contributed by atoms with Gasteiger partial charge in [0.15, 0.2) is 0 Å². The second-order valence-corrected chi connectivity index (χ2v) is 2.04. The molecule has 0 aliphatic rings. The van der Waals surface area contributed by atoms with Gasteiger partial charge in [-0.05, 0) is 26.9 Å². The summed E-state index contributed by atoms with van der Waals surface area (Å²) in [5.41, 5.74) is 5.16. The van der Waals surface area contributed by atoms with E-state index in [1.807, 2.05) is 14.0 Å². The van der Waals surface area contributed by atoms with Gasteiger partial charge in [0.05, 0.1) is 12.8 Å². The summed E-state index contributed by atoms with van der Waals surface area (Å²) in [5, 5.41) is 3.04. The topological polar surface area (TPSA) is 47.3 Å². The molecule has 3 nitrogen and oxygen atoms in total. The summed E-state index contributed by atoms with van der Waals surface area (Å²) in [6, 6.07) is 0. The van der Waals surface area contributed by atoms with Gasteiger partial charge in [0.2, 0.25) is 0 Å². The minimum atomic E-state index is 0.280. The highest BCUT2D eigenvalue weighted by Gasteiger charge is 1.97. The summed E-state index contributed by atoms with van der Waals surface area (Å²) >= 11 is 0. The number of hydrogen-bond acceptors (Lipinski definition) is 3. The fraction of sp³-hybridized carbons (Fsp3) is 1.00. The molecule has 0 bridgehead atoms. The highest BCUT2D eigenvalue weighted by atomic mass is 16.5. The molecule has 0 aliphatic carbocycles. The van der Waals surface area contributed by atoms with Crippen molar-refractivity contribution in [3.05, 3.63) is 0 Å². The van der Waals surface area contributed by atoms with E-state index < -0.39 is 0 Å². The van der Waals surface area contributed by atoms with Crippen molar-refractivity contribution in [1.82, 2.24) is 5.32 Å². The van der Waals surface area contributed by atoms with Crippen LogP contribution in [0, 0.1) is 0 Å². The normalized spacial score (nSPS) is 13.7. The van der Waals surface area contributed by atoms with E-state index >= 15 is 0 Å². The third-order valence-corrected chi connectivity index (χ3v) is 1.18. The Morgan fingerprint density at radius 1 is 1.67 bits per heavy atom. The lowest BCUT2D eigenvalue weighted by Gasteiger charge is -2.09. The second kappa shape index (κ2) is 6.01. The van der Waals surface area contributed by atoms with E-state index in [1.54, 1.807) is 0 Å². The zero-order valence-electron chi connectivity index (χ0n) is 6.18. The van der Waals surface area contributed by atoms with Crippen LogP contribution in [-0.4, -0.2) is 26.4 Å². The Morgan fingerprint density at radius 3 is 2.78 bits per heavy atom. The van der Waals surface area contributed by atoms with Gasteiger partial charge in [0.1, 0.15) is 0 Å². The Balaban J connectivity index is 2.95. The molecule has 3 N–H and O–H groups in total. The van der Waals surface area contributed by atoms with Crippen molar-refractivity contribution >= 4 is 0 Å². The van der Waals surface area contributed by atoms with Crippen molar-refractivity contribution in [3.63, 3.8) is 0 Å². The average Bonchev–Trinajstić information content (AvgIpc) is 1.85. The van der Waals surface area contributed by atoms with Gasteiger partial charge >= 0.3 is 0 Å². The van der Waals surface area contributed by atoms with Gasteiger partial charge in [0.25, 0.3) is 0 Å². The lowest BCUT2D eigenvalue weighted by Crippen LogP contribution is -2.19. The third kappa shape index (κ3) is 5.76. The molecule has 0 radical (unpaired) electrons. The van der Waals surface area contributed by atoms with E-state index in [0.717, 1.165) is 13.0 Å². The highest BCUT2D eigenvalue weighted by Crippen LogP contribution is 1.92. The van der Waals surface area contributed by atoms with Crippen LogP contribution in [0.4, 0.5) is 0 Å². The van der Waals surface area contributed by atoms with E-state index in [1.165, 1.54) is 0 Å². The summed E-state index contributed by atoms with van der Waals surface area (Å²) in [6.07, 6.45) is 1.30. The summed E-state index contributed by atoms with van der Waals surface area (Å²) in [5.74, 6) is 0. The van der Waals surface area contributed by atoms with Gasteiger partial charge < -0.3 is 15.8 Å². The smallest absolute Gasteiger partial charge is 0.0943 e. The minimum absolute atomic E-state index is 0.280. The van der Waals surface area contributed by atoms with Crippen molar-refractivity contribution in [2.24, 2.45) is 5.73 Å². The Bertz CT molecular complexity index is 59.0. The first-order valence-corrected chi connectivity index (χ1v) is 3.27. The Hall–Kier alpha value is -0.120. The lowest BCUT2D eigenvalue weighted by molar-refractivity contribution is 0.0657. The number of nitrogens with one attached hydrogen (secondary N) is 1. The fourth-order valence-electron chi connectivity index (χ4n) is 0.595. The minimum Gasteiger partial charge on any atom is -0.364 e. The van der Waals surface area contributed by atoms with Gasteiger partial charge in [-0.3, -0.25) is 0 Å². The van der Waals surface area contributed by atoms with Crippen LogP contribution in [0.5, 0.6) is 0 Å². The van der Waals surface area contributed by atoms with Gasteiger partial charge in [-0.15, -0.1) is 0 Å². The van der Waals surface area contributed by atoms with Gasteiger partial charge in [-0.2, -0.15) is 0 Å². The Labute approximate surface area is 56.6 Å². The SMILES string of the molecule is CNCCC(C)OCN. The van der Waals surface area contributed by atoms with E-state index in [-0.39, 0.29) is 6.10 Å². The summed E-state index contributed by atoms with van der Waals surface area (Å²) in [7, 11) is 1.93. The number of nitrogens with two attached hydrogens (primary N) is 1. The van der Waals surface area contributed by atoms with E-state index in [0.29, 0.717) is 6.73 Å². The van der Waals surface area contributed by atoms with E-state index in [9.17, 15) is 0 Å². The second-order valence-electron chi connectivity index (χ2n) is 2.04. The lowest BCUT2D eigenvalue weighted by atomic mass is 10.3. The van der Waals surface area contributed by atoms with Crippen LogP contribution in [0.25, 0.3) is 0 Å². The zero-order valence-corrected chi connectivity index (χ0v) is 6.18. The first-order chi connectivity index (χ1) is 4.31. The van der Waals surface area contributed by atoms with Crippen LogP contribution in [-0.2, 0) is 4.74 Å². The Kier molecular flexibility index (Phi) is 5.93. The maximum absolute atomic E-state index is 5.16. The predicted molar refractivity (Wildman–Crippen MR) is 38.1 cm³/mol. The molecule has 9 heavy (non-hydrogen) atoms. The standard InChI is InChI=1S/C6H16N2O/c1-6(9-5-7)3-4-8-2/h6,8H,3-5,7H2,1-2H3. The monoisotopic (exact) mass is 132 g/mol. The van der Waals surface area contributed by atoms with Gasteiger partial charge in [0, 0.05) is 0 Å². The molecule has 0 rings (SSSR count). The van der Waals surface area contributed by atoms with Gasteiger partial charge in [-0.25, -0.2) is 0 Å². The molecule has 56 valence electrons. The number of hydrogen-bond donors (Lipinski definition) is 2. The molecule has 0 aromatic carbocycles. The quantitative estimate of drug-likeness (QED) is 0.514. The van der Waals surface area contributed by atoms with Crippen LogP contribution in [0.15, 0.2) is 0 Å². The summed E-state index contributed by atoms with van der Waals surface area (Å²) < 4.78 is 5.08. The molecule has 0 aromatic heterocycles. The van der Waals surface area contributed by atoms with Crippen LogP contribution in [0.3, 0.4) is 0 Å². The molecule has 1 unspecified atom stereocenters.